The molecular weight excluding hydrogens is 250 g/mol. The molecule has 4 nitrogen and oxygen atoms in total. The van der Waals surface area contributed by atoms with Crippen molar-refractivity contribution >= 4 is 11.0 Å². The third kappa shape index (κ3) is 3.38. The number of imidazole rings is 1. The first kappa shape index (κ1) is 15.0. The Morgan fingerprint density at radius 3 is 2.75 bits per heavy atom. The first-order valence-electron chi connectivity index (χ1n) is 7.57. The molecule has 0 aliphatic heterocycles. The summed E-state index contributed by atoms with van der Waals surface area (Å²) >= 11 is 0. The number of unbranched alkanes of at least 4 members (excludes halogenated alkanes) is 1. The highest BCUT2D eigenvalue weighted by atomic mass is 16.3. The maximum atomic E-state index is 9.29. The normalized spacial score (nSPS) is 11.6. The van der Waals surface area contributed by atoms with Crippen LogP contribution in [0.1, 0.15) is 32.5 Å². The number of hydrogen-bond donors (Lipinski definition) is 1. The Morgan fingerprint density at radius 2 is 2.05 bits per heavy atom. The minimum atomic E-state index is 0.147. The van der Waals surface area contributed by atoms with Crippen LogP contribution < -0.4 is 0 Å². The monoisotopic (exact) mass is 275 g/mol. The molecule has 0 bridgehead atoms. The lowest BCUT2D eigenvalue weighted by atomic mass is 10.3. The van der Waals surface area contributed by atoms with Gasteiger partial charge >= 0.3 is 0 Å². The lowest BCUT2D eigenvalue weighted by Crippen LogP contribution is -2.26. The van der Waals surface area contributed by atoms with Gasteiger partial charge in [0.05, 0.1) is 24.2 Å². The maximum absolute atomic E-state index is 9.29. The summed E-state index contributed by atoms with van der Waals surface area (Å²) in [7, 11) is 0. The van der Waals surface area contributed by atoms with Gasteiger partial charge < -0.3 is 9.67 Å². The van der Waals surface area contributed by atoms with E-state index in [1.54, 1.807) is 0 Å². The molecule has 1 aromatic heterocycles. The summed E-state index contributed by atoms with van der Waals surface area (Å²) in [4.78, 5) is 7.15. The van der Waals surface area contributed by atoms with Crippen LogP contribution in [0.3, 0.4) is 0 Å². The van der Waals surface area contributed by atoms with Crippen molar-refractivity contribution in [2.24, 2.45) is 0 Å². The van der Waals surface area contributed by atoms with Gasteiger partial charge in [0.25, 0.3) is 0 Å². The third-order valence-corrected chi connectivity index (χ3v) is 3.70. The fourth-order valence-corrected chi connectivity index (χ4v) is 2.53. The van der Waals surface area contributed by atoms with Gasteiger partial charge in [-0.1, -0.05) is 32.4 Å². The van der Waals surface area contributed by atoms with Crippen molar-refractivity contribution in [3.05, 3.63) is 30.1 Å². The second-order valence-electron chi connectivity index (χ2n) is 5.11. The van der Waals surface area contributed by atoms with E-state index in [-0.39, 0.29) is 6.61 Å². The largest absolute Gasteiger partial charge is 0.395 e. The summed E-state index contributed by atoms with van der Waals surface area (Å²) in [6.07, 6.45) is 2.43. The Hall–Kier alpha value is -1.39. The van der Waals surface area contributed by atoms with E-state index < -0.39 is 0 Å². The number of rotatable bonds is 8. The van der Waals surface area contributed by atoms with Crippen LogP contribution >= 0.6 is 0 Å². The van der Waals surface area contributed by atoms with Gasteiger partial charge in [0, 0.05) is 6.54 Å². The molecule has 0 saturated heterocycles. The summed E-state index contributed by atoms with van der Waals surface area (Å²) in [5.74, 6) is 1.05. The fourth-order valence-electron chi connectivity index (χ4n) is 2.53. The molecular formula is C16H25N3O. The molecule has 0 unspecified atom stereocenters. The standard InChI is InChI=1S/C16H25N3O/c1-3-5-10-18(4-2)13-16-17-14-8-6-7-9-15(14)19(16)11-12-20/h6-9,20H,3-5,10-13H2,1-2H3. The van der Waals surface area contributed by atoms with Crippen LogP contribution in [0.4, 0.5) is 0 Å². The van der Waals surface area contributed by atoms with Gasteiger partial charge in [-0.05, 0) is 31.6 Å². The van der Waals surface area contributed by atoms with E-state index in [1.807, 2.05) is 18.2 Å². The SMILES string of the molecule is CCCCN(CC)Cc1nc2ccccc2n1CCO. The minimum absolute atomic E-state index is 0.147. The van der Waals surface area contributed by atoms with Crippen molar-refractivity contribution < 1.29 is 5.11 Å². The van der Waals surface area contributed by atoms with E-state index in [0.29, 0.717) is 6.54 Å². The van der Waals surface area contributed by atoms with Crippen molar-refractivity contribution in [3.63, 3.8) is 0 Å². The molecule has 0 spiro atoms. The number of aliphatic hydroxyl groups is 1. The van der Waals surface area contributed by atoms with Crippen LogP contribution in [0.2, 0.25) is 0 Å². The summed E-state index contributed by atoms with van der Waals surface area (Å²) in [5.41, 5.74) is 2.13. The highest BCUT2D eigenvalue weighted by Crippen LogP contribution is 2.17. The molecule has 1 aromatic carbocycles. The maximum Gasteiger partial charge on any atom is 0.124 e. The zero-order valence-electron chi connectivity index (χ0n) is 12.5. The summed E-state index contributed by atoms with van der Waals surface area (Å²) < 4.78 is 2.14. The van der Waals surface area contributed by atoms with Gasteiger partial charge in [-0.15, -0.1) is 0 Å². The minimum Gasteiger partial charge on any atom is -0.395 e. The summed E-state index contributed by atoms with van der Waals surface area (Å²) in [6.45, 7) is 8.15. The topological polar surface area (TPSA) is 41.3 Å². The molecule has 0 saturated carbocycles. The number of aromatic nitrogens is 2. The summed E-state index contributed by atoms with van der Waals surface area (Å²) in [5, 5.41) is 9.29. The number of benzene rings is 1. The Bertz CT molecular complexity index is 536. The molecule has 0 aliphatic carbocycles. The first-order valence-corrected chi connectivity index (χ1v) is 7.57. The van der Waals surface area contributed by atoms with Gasteiger partial charge in [0.15, 0.2) is 0 Å². The number of hydrogen-bond acceptors (Lipinski definition) is 3. The Labute approximate surface area is 121 Å². The van der Waals surface area contributed by atoms with Crippen LogP contribution in [0.15, 0.2) is 24.3 Å². The van der Waals surface area contributed by atoms with Gasteiger partial charge in [-0.3, -0.25) is 4.90 Å². The molecule has 1 heterocycles. The van der Waals surface area contributed by atoms with Crippen LogP contribution in [0.25, 0.3) is 11.0 Å². The zero-order chi connectivity index (χ0) is 14.4. The van der Waals surface area contributed by atoms with E-state index in [4.69, 9.17) is 4.98 Å². The van der Waals surface area contributed by atoms with Crippen molar-refractivity contribution in [2.75, 3.05) is 19.7 Å². The Kier molecular flexibility index (Phi) is 5.56. The first-order chi connectivity index (χ1) is 9.80. The Balaban J connectivity index is 2.25. The van der Waals surface area contributed by atoms with Crippen LogP contribution in [0.5, 0.6) is 0 Å². The van der Waals surface area contributed by atoms with Gasteiger partial charge in [0.2, 0.25) is 0 Å². The average Bonchev–Trinajstić information content (AvgIpc) is 2.82. The summed E-state index contributed by atoms with van der Waals surface area (Å²) in [6, 6.07) is 8.15. The van der Waals surface area contributed by atoms with E-state index in [1.165, 1.54) is 12.8 Å². The van der Waals surface area contributed by atoms with E-state index in [9.17, 15) is 5.11 Å². The molecule has 4 heteroatoms. The second-order valence-corrected chi connectivity index (χ2v) is 5.11. The van der Waals surface area contributed by atoms with E-state index in [2.05, 4.69) is 29.4 Å². The van der Waals surface area contributed by atoms with Crippen molar-refractivity contribution in [1.29, 1.82) is 0 Å². The predicted octanol–water partition coefficient (Wildman–Crippen LogP) is 2.65. The highest BCUT2D eigenvalue weighted by molar-refractivity contribution is 5.75. The molecule has 2 aromatic rings. The third-order valence-electron chi connectivity index (χ3n) is 3.70. The smallest absolute Gasteiger partial charge is 0.124 e. The quantitative estimate of drug-likeness (QED) is 0.805. The van der Waals surface area contributed by atoms with Crippen LogP contribution in [-0.4, -0.2) is 39.3 Å². The number of para-hydroxylation sites is 2. The average molecular weight is 275 g/mol. The molecule has 110 valence electrons. The molecule has 0 fully saturated rings. The molecule has 2 rings (SSSR count). The van der Waals surface area contributed by atoms with Gasteiger partial charge in [-0.25, -0.2) is 4.98 Å². The van der Waals surface area contributed by atoms with Crippen LogP contribution in [-0.2, 0) is 13.1 Å². The number of aliphatic hydroxyl groups excluding tert-OH is 1. The Morgan fingerprint density at radius 1 is 1.25 bits per heavy atom. The number of nitrogens with zero attached hydrogens (tertiary/aromatic N) is 3. The molecule has 0 aliphatic rings. The fraction of sp³-hybridized carbons (Fsp3) is 0.562. The number of fused-ring (bicyclic) bond motifs is 1. The molecule has 0 amide bonds. The zero-order valence-corrected chi connectivity index (χ0v) is 12.5. The molecule has 1 N–H and O–H groups in total. The second kappa shape index (κ2) is 7.41. The highest BCUT2D eigenvalue weighted by Gasteiger charge is 2.12. The molecule has 0 radical (unpaired) electrons. The lowest BCUT2D eigenvalue weighted by Gasteiger charge is -2.20. The molecule has 0 atom stereocenters. The van der Waals surface area contributed by atoms with Crippen molar-refractivity contribution in [2.45, 2.75) is 39.8 Å². The van der Waals surface area contributed by atoms with E-state index in [0.717, 1.165) is 36.5 Å². The lowest BCUT2D eigenvalue weighted by molar-refractivity contribution is 0.251. The van der Waals surface area contributed by atoms with Crippen molar-refractivity contribution in [1.82, 2.24) is 14.5 Å². The van der Waals surface area contributed by atoms with Gasteiger partial charge in [-0.2, -0.15) is 0 Å². The van der Waals surface area contributed by atoms with Crippen molar-refractivity contribution in [3.8, 4) is 0 Å². The predicted molar refractivity (Wildman–Crippen MR) is 82.7 cm³/mol. The van der Waals surface area contributed by atoms with Gasteiger partial charge in [0.1, 0.15) is 5.82 Å². The van der Waals surface area contributed by atoms with Crippen LogP contribution in [0, 0.1) is 0 Å². The van der Waals surface area contributed by atoms with E-state index >= 15 is 0 Å². The molecule has 20 heavy (non-hydrogen) atoms.